The molecule has 1 aliphatic rings. The van der Waals surface area contributed by atoms with Crippen LogP contribution in [0.3, 0.4) is 0 Å². The quantitative estimate of drug-likeness (QED) is 0.547. The Balaban J connectivity index is 2.60. The fraction of sp³-hybridized carbons (Fsp3) is 0.600. The van der Waals surface area contributed by atoms with Crippen molar-refractivity contribution in [3.63, 3.8) is 0 Å². The molecule has 0 aromatic carbocycles. The van der Waals surface area contributed by atoms with Gasteiger partial charge in [-0.05, 0) is 20.3 Å². The Morgan fingerprint density at radius 2 is 2.14 bits per heavy atom. The molecule has 0 aliphatic heterocycles. The summed E-state index contributed by atoms with van der Waals surface area (Å²) in [5, 5.41) is 8.81. The summed E-state index contributed by atoms with van der Waals surface area (Å²) in [4.78, 5) is 22.2. The van der Waals surface area contributed by atoms with Crippen molar-refractivity contribution < 1.29 is 19.4 Å². The summed E-state index contributed by atoms with van der Waals surface area (Å²) >= 11 is 0. The number of rotatable bonds is 3. The third-order valence-corrected chi connectivity index (χ3v) is 2.11. The summed E-state index contributed by atoms with van der Waals surface area (Å²) in [6.45, 7) is 3.49. The molecule has 0 saturated heterocycles. The van der Waals surface area contributed by atoms with Gasteiger partial charge in [0.05, 0.1) is 17.9 Å². The molecule has 0 aromatic heterocycles. The van der Waals surface area contributed by atoms with Crippen molar-refractivity contribution in [2.75, 3.05) is 0 Å². The molecule has 78 valence electrons. The SMILES string of the molecule is CC(C)OC(=O)C1CC=CC1C(=O)O. The van der Waals surface area contributed by atoms with Crippen LogP contribution in [0.1, 0.15) is 20.3 Å². The number of carboxylic acids is 1. The largest absolute Gasteiger partial charge is 0.481 e. The molecule has 1 N–H and O–H groups in total. The van der Waals surface area contributed by atoms with Gasteiger partial charge in [0.2, 0.25) is 0 Å². The van der Waals surface area contributed by atoms with E-state index >= 15 is 0 Å². The molecule has 0 amide bonds. The number of allylic oxidation sites excluding steroid dienone is 1. The zero-order chi connectivity index (χ0) is 10.7. The van der Waals surface area contributed by atoms with Crippen LogP contribution in [0.2, 0.25) is 0 Å². The van der Waals surface area contributed by atoms with Gasteiger partial charge >= 0.3 is 11.9 Å². The number of carbonyl (C=O) groups is 2. The normalized spacial score (nSPS) is 25.4. The maximum atomic E-state index is 11.4. The van der Waals surface area contributed by atoms with Gasteiger partial charge in [-0.25, -0.2) is 0 Å². The highest BCUT2D eigenvalue weighted by molar-refractivity contribution is 5.83. The van der Waals surface area contributed by atoms with E-state index in [1.807, 2.05) is 0 Å². The highest BCUT2D eigenvalue weighted by Crippen LogP contribution is 2.26. The van der Waals surface area contributed by atoms with Crippen molar-refractivity contribution >= 4 is 11.9 Å². The second kappa shape index (κ2) is 4.26. The molecule has 4 nitrogen and oxygen atoms in total. The Bertz CT molecular complexity index is 267. The molecule has 0 saturated carbocycles. The van der Waals surface area contributed by atoms with E-state index in [0.29, 0.717) is 6.42 Å². The molecule has 14 heavy (non-hydrogen) atoms. The molecule has 0 bridgehead atoms. The van der Waals surface area contributed by atoms with E-state index < -0.39 is 23.8 Å². The van der Waals surface area contributed by atoms with E-state index in [2.05, 4.69) is 0 Å². The van der Waals surface area contributed by atoms with Crippen molar-refractivity contribution in [2.45, 2.75) is 26.4 Å². The third kappa shape index (κ3) is 2.34. The summed E-state index contributed by atoms with van der Waals surface area (Å²) in [5.41, 5.74) is 0. The smallest absolute Gasteiger partial charge is 0.311 e. The van der Waals surface area contributed by atoms with Crippen LogP contribution >= 0.6 is 0 Å². The van der Waals surface area contributed by atoms with E-state index in [0.717, 1.165) is 0 Å². The summed E-state index contributed by atoms with van der Waals surface area (Å²) in [5.74, 6) is -2.65. The second-order valence-corrected chi connectivity index (χ2v) is 3.62. The maximum absolute atomic E-state index is 11.4. The number of hydrogen-bond donors (Lipinski definition) is 1. The Labute approximate surface area is 82.6 Å². The first-order valence-electron chi connectivity index (χ1n) is 4.62. The lowest BCUT2D eigenvalue weighted by atomic mass is 9.96. The molecular formula is C10H14O4. The van der Waals surface area contributed by atoms with Crippen molar-refractivity contribution in [3.05, 3.63) is 12.2 Å². The zero-order valence-electron chi connectivity index (χ0n) is 8.27. The van der Waals surface area contributed by atoms with E-state index in [9.17, 15) is 9.59 Å². The Hall–Kier alpha value is -1.32. The minimum Gasteiger partial charge on any atom is -0.481 e. The Morgan fingerprint density at radius 3 is 2.64 bits per heavy atom. The van der Waals surface area contributed by atoms with Gasteiger partial charge in [0.25, 0.3) is 0 Å². The molecule has 2 atom stereocenters. The van der Waals surface area contributed by atoms with E-state index in [1.165, 1.54) is 0 Å². The highest BCUT2D eigenvalue weighted by atomic mass is 16.5. The molecule has 0 aromatic rings. The first-order valence-corrected chi connectivity index (χ1v) is 4.62. The fourth-order valence-electron chi connectivity index (χ4n) is 1.47. The fourth-order valence-corrected chi connectivity index (χ4v) is 1.47. The van der Waals surface area contributed by atoms with E-state index in [4.69, 9.17) is 9.84 Å². The highest BCUT2D eigenvalue weighted by Gasteiger charge is 2.35. The van der Waals surface area contributed by atoms with Crippen LogP contribution in [0, 0.1) is 11.8 Å². The second-order valence-electron chi connectivity index (χ2n) is 3.62. The molecule has 4 heteroatoms. The van der Waals surface area contributed by atoms with Crippen LogP contribution in [-0.2, 0) is 14.3 Å². The Kier molecular flexibility index (Phi) is 3.28. The first kappa shape index (κ1) is 10.8. The van der Waals surface area contributed by atoms with Crippen molar-refractivity contribution in [3.8, 4) is 0 Å². The number of ether oxygens (including phenoxy) is 1. The van der Waals surface area contributed by atoms with Crippen LogP contribution in [-0.4, -0.2) is 23.1 Å². The van der Waals surface area contributed by atoms with Gasteiger partial charge in [0.15, 0.2) is 0 Å². The molecule has 0 spiro atoms. The van der Waals surface area contributed by atoms with Crippen molar-refractivity contribution in [2.24, 2.45) is 11.8 Å². The van der Waals surface area contributed by atoms with Crippen LogP contribution in [0.4, 0.5) is 0 Å². The van der Waals surface area contributed by atoms with Crippen LogP contribution in [0.25, 0.3) is 0 Å². The zero-order valence-corrected chi connectivity index (χ0v) is 8.27. The van der Waals surface area contributed by atoms with Crippen LogP contribution in [0.15, 0.2) is 12.2 Å². The third-order valence-electron chi connectivity index (χ3n) is 2.11. The van der Waals surface area contributed by atoms with Gasteiger partial charge in [0.1, 0.15) is 0 Å². The van der Waals surface area contributed by atoms with Crippen molar-refractivity contribution in [1.29, 1.82) is 0 Å². The lowest BCUT2D eigenvalue weighted by Crippen LogP contribution is -2.28. The molecule has 0 radical (unpaired) electrons. The van der Waals surface area contributed by atoms with Gasteiger partial charge < -0.3 is 9.84 Å². The van der Waals surface area contributed by atoms with Crippen LogP contribution in [0.5, 0.6) is 0 Å². The number of esters is 1. The molecule has 0 fully saturated rings. The number of hydrogen-bond acceptors (Lipinski definition) is 3. The van der Waals surface area contributed by atoms with Crippen LogP contribution < -0.4 is 0 Å². The van der Waals surface area contributed by atoms with E-state index in [-0.39, 0.29) is 6.10 Å². The number of carboxylic acid groups (broad SMARTS) is 1. The van der Waals surface area contributed by atoms with Gasteiger partial charge in [-0.15, -0.1) is 0 Å². The molecule has 1 rings (SSSR count). The first-order chi connectivity index (χ1) is 6.52. The average molecular weight is 198 g/mol. The van der Waals surface area contributed by atoms with Crippen molar-refractivity contribution in [1.82, 2.24) is 0 Å². The lowest BCUT2D eigenvalue weighted by molar-refractivity contribution is -0.158. The van der Waals surface area contributed by atoms with Gasteiger partial charge in [-0.2, -0.15) is 0 Å². The summed E-state index contributed by atoms with van der Waals surface area (Å²) < 4.78 is 4.97. The maximum Gasteiger partial charge on any atom is 0.311 e. The standard InChI is InChI=1S/C10H14O4/c1-6(2)14-10(13)8-5-3-4-7(8)9(11)12/h3-4,6-8H,5H2,1-2H3,(H,11,12). The predicted molar refractivity (Wildman–Crippen MR) is 49.6 cm³/mol. The monoisotopic (exact) mass is 198 g/mol. The number of aliphatic carboxylic acids is 1. The molecule has 1 aliphatic carbocycles. The summed E-state index contributed by atoms with van der Waals surface area (Å²) in [6, 6.07) is 0. The average Bonchev–Trinajstić information content (AvgIpc) is 2.49. The minimum absolute atomic E-state index is 0.197. The lowest BCUT2D eigenvalue weighted by Gasteiger charge is -2.16. The summed E-state index contributed by atoms with van der Waals surface area (Å²) in [7, 11) is 0. The number of carbonyl (C=O) groups excluding carboxylic acids is 1. The van der Waals surface area contributed by atoms with Gasteiger partial charge in [-0.1, -0.05) is 12.2 Å². The van der Waals surface area contributed by atoms with Gasteiger partial charge in [-0.3, -0.25) is 9.59 Å². The molecule has 0 heterocycles. The van der Waals surface area contributed by atoms with Gasteiger partial charge in [0, 0.05) is 0 Å². The predicted octanol–water partition coefficient (Wildman–Crippen LogP) is 1.21. The van der Waals surface area contributed by atoms with E-state index in [1.54, 1.807) is 26.0 Å². The molecule has 2 unspecified atom stereocenters. The molecular weight excluding hydrogens is 184 g/mol. The topological polar surface area (TPSA) is 63.6 Å². The Morgan fingerprint density at radius 1 is 1.50 bits per heavy atom. The minimum atomic E-state index is -0.968. The summed E-state index contributed by atoms with van der Waals surface area (Å²) in [6.07, 6.45) is 3.53.